The molecule has 0 spiro atoms. The molecule has 1 aromatic rings. The molecule has 0 fully saturated rings. The van der Waals surface area contributed by atoms with E-state index in [1.54, 1.807) is 25.1 Å². The average molecular weight is 389 g/mol. The fourth-order valence-corrected chi connectivity index (χ4v) is 2.27. The van der Waals surface area contributed by atoms with E-state index in [1.165, 1.54) is 14.0 Å². The van der Waals surface area contributed by atoms with Crippen LogP contribution in [0, 0.1) is 6.92 Å². The Morgan fingerprint density at radius 2 is 1.69 bits per heavy atom. The van der Waals surface area contributed by atoms with Gasteiger partial charge in [0.25, 0.3) is 5.91 Å². The minimum Gasteiger partial charge on any atom is -0.496 e. The summed E-state index contributed by atoms with van der Waals surface area (Å²) >= 11 is 0. The summed E-state index contributed by atoms with van der Waals surface area (Å²) in [6.07, 6.45) is -6.54. The van der Waals surface area contributed by atoms with E-state index in [-0.39, 0.29) is 11.3 Å². The molecule has 26 heavy (non-hydrogen) atoms. The van der Waals surface area contributed by atoms with Crippen molar-refractivity contribution in [2.45, 2.75) is 38.3 Å². The lowest BCUT2D eigenvalue weighted by Gasteiger charge is -2.31. The number of methoxy groups -OCH3 is 1. The highest BCUT2D eigenvalue weighted by molar-refractivity contribution is 5.85. The fourth-order valence-electron chi connectivity index (χ4n) is 2.27. The number of alkyl halides is 7. The molecule has 3 nitrogen and oxygen atoms in total. The quantitative estimate of drug-likeness (QED) is 0.654. The summed E-state index contributed by atoms with van der Waals surface area (Å²) in [5, 5.41) is 0. The Morgan fingerprint density at radius 1 is 1.12 bits per heavy atom. The van der Waals surface area contributed by atoms with Gasteiger partial charge in [0.05, 0.1) is 7.11 Å². The summed E-state index contributed by atoms with van der Waals surface area (Å²) in [4.78, 5) is 11.9. The van der Waals surface area contributed by atoms with Crippen molar-refractivity contribution in [3.63, 3.8) is 0 Å². The van der Waals surface area contributed by atoms with Crippen molar-refractivity contribution in [2.75, 3.05) is 20.2 Å². The summed E-state index contributed by atoms with van der Waals surface area (Å²) in [7, 11) is 1.45. The second-order valence-electron chi connectivity index (χ2n) is 5.59. The second kappa shape index (κ2) is 7.71. The highest BCUT2D eigenvalue weighted by Crippen LogP contribution is 2.47. The van der Waals surface area contributed by atoms with Crippen LogP contribution in [0.3, 0.4) is 0 Å². The average Bonchev–Trinajstić information content (AvgIpc) is 2.54. The van der Waals surface area contributed by atoms with Gasteiger partial charge < -0.3 is 9.64 Å². The predicted molar refractivity (Wildman–Crippen MR) is 79.6 cm³/mol. The first-order valence-electron chi connectivity index (χ1n) is 7.54. The molecule has 0 aliphatic rings. The van der Waals surface area contributed by atoms with E-state index in [9.17, 15) is 35.5 Å². The number of carbonyl (C=O) groups is 1. The monoisotopic (exact) mass is 389 g/mol. The van der Waals surface area contributed by atoms with Gasteiger partial charge in [0, 0.05) is 13.1 Å². The molecule has 0 aliphatic heterocycles. The molecule has 148 valence electrons. The normalized spacial score (nSPS) is 12.8. The lowest BCUT2D eigenvalue weighted by atomic mass is 10.1. The molecule has 1 aromatic carbocycles. The van der Waals surface area contributed by atoms with Crippen LogP contribution in [0.25, 0.3) is 0 Å². The van der Waals surface area contributed by atoms with Crippen molar-refractivity contribution in [2.24, 2.45) is 0 Å². The number of ether oxygens (including phenoxy) is 1. The van der Waals surface area contributed by atoms with Gasteiger partial charge in [-0.2, -0.15) is 30.7 Å². The number of halogens is 7. The van der Waals surface area contributed by atoms with E-state index < -0.39 is 37.0 Å². The third-order valence-electron chi connectivity index (χ3n) is 3.82. The van der Waals surface area contributed by atoms with Gasteiger partial charge in [0.1, 0.15) is 5.75 Å². The highest BCUT2D eigenvalue weighted by atomic mass is 19.4. The van der Waals surface area contributed by atoms with Gasteiger partial charge in [-0.25, -0.2) is 0 Å². The zero-order chi connectivity index (χ0) is 20.3. The van der Waals surface area contributed by atoms with E-state index in [4.69, 9.17) is 4.74 Å². The van der Waals surface area contributed by atoms with E-state index >= 15 is 0 Å². The SMILES string of the molecule is CCN(CCc1ccc(OC)c(C)c1)C(=O)C(F)(F)C(F)(F)C(F)(F)F. The summed E-state index contributed by atoms with van der Waals surface area (Å²) in [5.74, 6) is -14.3. The molecule has 0 unspecified atom stereocenters. The molecule has 0 aromatic heterocycles. The maximum atomic E-state index is 13.5. The van der Waals surface area contributed by atoms with E-state index in [0.717, 1.165) is 0 Å². The van der Waals surface area contributed by atoms with Crippen molar-refractivity contribution in [1.29, 1.82) is 0 Å². The number of hydrogen-bond acceptors (Lipinski definition) is 2. The Bertz CT molecular complexity index is 644. The van der Waals surface area contributed by atoms with Crippen molar-refractivity contribution in [3.8, 4) is 5.75 Å². The third-order valence-corrected chi connectivity index (χ3v) is 3.82. The number of likely N-dealkylation sites (N-methyl/N-ethyl adjacent to an activating group) is 1. The molecule has 0 heterocycles. The van der Waals surface area contributed by atoms with Gasteiger partial charge in [0.15, 0.2) is 0 Å². The number of benzene rings is 1. The standard InChI is InChI=1S/C16H18F7NO2/c1-4-24(8-7-11-5-6-12(26-3)10(2)9-11)13(25)14(17,18)15(19,20)16(21,22)23/h5-6,9H,4,7-8H2,1-3H3. The van der Waals surface area contributed by atoms with Crippen molar-refractivity contribution < 1.29 is 40.3 Å². The van der Waals surface area contributed by atoms with Crippen molar-refractivity contribution >= 4 is 5.91 Å². The van der Waals surface area contributed by atoms with Gasteiger partial charge in [-0.15, -0.1) is 0 Å². The largest absolute Gasteiger partial charge is 0.496 e. The summed E-state index contributed by atoms with van der Waals surface area (Å²) < 4.78 is 94.8. The first-order chi connectivity index (χ1) is 11.8. The molecular formula is C16H18F7NO2. The first-order valence-corrected chi connectivity index (χ1v) is 7.54. The van der Waals surface area contributed by atoms with Crippen LogP contribution in [0.2, 0.25) is 0 Å². The van der Waals surface area contributed by atoms with E-state index in [0.29, 0.717) is 16.9 Å². The minimum absolute atomic E-state index is 0.00190. The Morgan fingerprint density at radius 3 is 2.12 bits per heavy atom. The predicted octanol–water partition coefficient (Wildman–Crippen LogP) is 4.23. The number of nitrogens with zero attached hydrogens (tertiary/aromatic N) is 1. The van der Waals surface area contributed by atoms with Gasteiger partial charge in [-0.1, -0.05) is 12.1 Å². The number of carbonyl (C=O) groups excluding carboxylic acids is 1. The molecule has 1 amide bonds. The van der Waals surface area contributed by atoms with Crippen LogP contribution in [0.4, 0.5) is 30.7 Å². The Balaban J connectivity index is 2.94. The maximum absolute atomic E-state index is 13.5. The summed E-state index contributed by atoms with van der Waals surface area (Å²) in [6.45, 7) is 2.03. The number of aryl methyl sites for hydroxylation is 1. The molecule has 0 saturated carbocycles. The lowest BCUT2D eigenvalue weighted by Crippen LogP contribution is -2.60. The van der Waals surface area contributed by atoms with Crippen LogP contribution in [0.5, 0.6) is 5.75 Å². The summed E-state index contributed by atoms with van der Waals surface area (Å²) in [5.41, 5.74) is 1.30. The van der Waals surface area contributed by atoms with E-state index in [1.807, 2.05) is 0 Å². The third kappa shape index (κ3) is 4.21. The molecule has 1 rings (SSSR count). The van der Waals surface area contributed by atoms with Crippen LogP contribution < -0.4 is 4.74 Å². The van der Waals surface area contributed by atoms with Crippen LogP contribution >= 0.6 is 0 Å². The molecule has 0 radical (unpaired) electrons. The number of amides is 1. The molecule has 0 aliphatic carbocycles. The molecule has 0 bridgehead atoms. The van der Waals surface area contributed by atoms with Crippen LogP contribution in [0.15, 0.2) is 18.2 Å². The topological polar surface area (TPSA) is 29.5 Å². The number of hydrogen-bond donors (Lipinski definition) is 0. The van der Waals surface area contributed by atoms with Gasteiger partial charge in [-0.05, 0) is 37.5 Å². The molecule has 0 saturated heterocycles. The fraction of sp³-hybridized carbons (Fsp3) is 0.562. The molecule has 10 heteroatoms. The van der Waals surface area contributed by atoms with Crippen LogP contribution in [0.1, 0.15) is 18.1 Å². The molecule has 0 N–H and O–H groups in total. The van der Waals surface area contributed by atoms with Crippen molar-refractivity contribution in [1.82, 2.24) is 4.90 Å². The van der Waals surface area contributed by atoms with Gasteiger partial charge in [0.2, 0.25) is 0 Å². The first kappa shape index (κ1) is 22.0. The highest BCUT2D eigenvalue weighted by Gasteiger charge is 2.76. The second-order valence-corrected chi connectivity index (χ2v) is 5.59. The zero-order valence-electron chi connectivity index (χ0n) is 14.3. The van der Waals surface area contributed by atoms with Crippen molar-refractivity contribution in [3.05, 3.63) is 29.3 Å². The molecule has 0 atom stereocenters. The maximum Gasteiger partial charge on any atom is 0.460 e. The smallest absolute Gasteiger partial charge is 0.460 e. The molecular weight excluding hydrogens is 371 g/mol. The minimum atomic E-state index is -6.54. The summed E-state index contributed by atoms with van der Waals surface area (Å²) in [6, 6.07) is 4.81. The van der Waals surface area contributed by atoms with Crippen LogP contribution in [-0.4, -0.2) is 49.0 Å². The zero-order valence-corrected chi connectivity index (χ0v) is 14.3. The lowest BCUT2D eigenvalue weighted by molar-refractivity contribution is -0.345. The Labute approximate surface area is 145 Å². The van der Waals surface area contributed by atoms with Gasteiger partial charge >= 0.3 is 18.0 Å². The Kier molecular flexibility index (Phi) is 6.54. The van der Waals surface area contributed by atoms with E-state index in [2.05, 4.69) is 0 Å². The van der Waals surface area contributed by atoms with Gasteiger partial charge in [-0.3, -0.25) is 4.79 Å². The Hall–Kier alpha value is -2.00. The number of rotatable bonds is 7. The van der Waals surface area contributed by atoms with Crippen LogP contribution in [-0.2, 0) is 11.2 Å².